The number of hydrogen-bond acceptors (Lipinski definition) is 7. The van der Waals surface area contributed by atoms with Crippen LogP contribution in [0.25, 0.3) is 32.9 Å². The van der Waals surface area contributed by atoms with Gasteiger partial charge in [0.05, 0.1) is 16.0 Å². The lowest BCUT2D eigenvalue weighted by Crippen LogP contribution is -2.12. The topological polar surface area (TPSA) is 115 Å². The van der Waals surface area contributed by atoms with Crippen LogP contribution in [-0.2, 0) is 10.0 Å². The van der Waals surface area contributed by atoms with E-state index in [9.17, 15) is 18.3 Å². The molecular weight excluding hydrogens is 438 g/mol. The number of pyridine rings is 1. The largest absolute Gasteiger partial charge is 0.477 e. The molecule has 0 amide bonds. The minimum Gasteiger partial charge on any atom is -0.477 e. The molecule has 0 fully saturated rings. The van der Waals surface area contributed by atoms with Gasteiger partial charge < -0.3 is 9.52 Å². The number of hydrogen-bond donors (Lipinski definition) is 1. The molecule has 5 rings (SSSR count). The quantitative estimate of drug-likeness (QED) is 0.422. The molecule has 31 heavy (non-hydrogen) atoms. The highest BCUT2D eigenvalue weighted by atomic mass is 32.2. The van der Waals surface area contributed by atoms with Gasteiger partial charge in [-0.3, -0.25) is 0 Å². The van der Waals surface area contributed by atoms with E-state index < -0.39 is 16.0 Å². The fourth-order valence-electron chi connectivity index (χ4n) is 3.33. The Kier molecular flexibility index (Phi) is 4.45. The second kappa shape index (κ2) is 7.18. The summed E-state index contributed by atoms with van der Waals surface area (Å²) in [7, 11) is -3.93. The first-order valence-corrected chi connectivity index (χ1v) is 11.3. The molecule has 154 valence electrons. The van der Waals surface area contributed by atoms with E-state index in [2.05, 4.69) is 9.97 Å². The van der Waals surface area contributed by atoms with Crippen molar-refractivity contribution in [3.05, 3.63) is 78.3 Å². The van der Waals surface area contributed by atoms with Crippen molar-refractivity contribution in [3.8, 4) is 21.9 Å². The number of carboxylic acids is 1. The first-order chi connectivity index (χ1) is 15.0. The summed E-state index contributed by atoms with van der Waals surface area (Å²) in [5.74, 6) is -0.842. The Bertz CT molecular complexity index is 1520. The van der Waals surface area contributed by atoms with Gasteiger partial charge in [-0.15, -0.1) is 11.3 Å². The van der Waals surface area contributed by atoms with Crippen LogP contribution in [0, 0.1) is 0 Å². The maximum Gasteiger partial charge on any atom is 0.345 e. The minimum atomic E-state index is -3.93. The summed E-state index contributed by atoms with van der Waals surface area (Å²) in [6.07, 6.45) is 5.82. The summed E-state index contributed by atoms with van der Waals surface area (Å²) >= 11 is 1.01. The fraction of sp³-hybridized carbons (Fsp3) is 0. The molecule has 0 aliphatic heterocycles. The van der Waals surface area contributed by atoms with Crippen molar-refractivity contribution in [3.63, 3.8) is 0 Å². The molecule has 0 spiro atoms. The maximum absolute atomic E-state index is 13.3. The van der Waals surface area contributed by atoms with Gasteiger partial charge in [0.1, 0.15) is 11.1 Å². The van der Waals surface area contributed by atoms with Crippen LogP contribution in [-0.4, -0.2) is 33.4 Å². The Morgan fingerprint density at radius 2 is 1.84 bits per heavy atom. The maximum atomic E-state index is 13.3. The van der Waals surface area contributed by atoms with E-state index in [0.29, 0.717) is 21.4 Å². The molecule has 4 aromatic heterocycles. The van der Waals surface area contributed by atoms with Crippen molar-refractivity contribution in [2.75, 3.05) is 0 Å². The van der Waals surface area contributed by atoms with Crippen molar-refractivity contribution in [1.82, 2.24) is 13.9 Å². The molecule has 0 unspecified atom stereocenters. The Labute approximate surface area is 180 Å². The zero-order chi connectivity index (χ0) is 21.6. The first kappa shape index (κ1) is 19.2. The molecule has 1 aromatic carbocycles. The standard InChI is InChI=1S/C21H13N3O5S2/c25-21(26)17-11-15(18(30-17)20-23-9-10-29-20)16-12-24(19-14(16)7-4-8-22-19)31(27,28)13-5-2-1-3-6-13/h1-12H,(H,25,26). The van der Waals surface area contributed by atoms with Crippen LogP contribution in [0.2, 0.25) is 0 Å². The number of aromatic nitrogens is 3. The van der Waals surface area contributed by atoms with E-state index in [1.54, 1.807) is 30.3 Å². The lowest BCUT2D eigenvalue weighted by atomic mass is 10.1. The van der Waals surface area contributed by atoms with E-state index in [4.69, 9.17) is 4.42 Å². The molecule has 4 heterocycles. The van der Waals surface area contributed by atoms with Crippen LogP contribution in [0.5, 0.6) is 0 Å². The SMILES string of the molecule is O=C(O)c1cc(-c2cn(S(=O)(=O)c3ccccc3)c3ncccc23)c(-c2ncco2)s1. The lowest BCUT2D eigenvalue weighted by molar-refractivity contribution is 0.0702. The van der Waals surface area contributed by atoms with Crippen molar-refractivity contribution in [1.29, 1.82) is 0 Å². The predicted octanol–water partition coefficient (Wildman–Crippen LogP) is 4.36. The van der Waals surface area contributed by atoms with Crippen LogP contribution in [0.4, 0.5) is 0 Å². The predicted molar refractivity (Wildman–Crippen MR) is 115 cm³/mol. The van der Waals surface area contributed by atoms with Gasteiger partial charge in [-0.2, -0.15) is 0 Å². The summed E-state index contributed by atoms with van der Waals surface area (Å²) < 4.78 is 33.2. The minimum absolute atomic E-state index is 0.0823. The van der Waals surface area contributed by atoms with Gasteiger partial charge in [-0.1, -0.05) is 18.2 Å². The van der Waals surface area contributed by atoms with E-state index >= 15 is 0 Å². The normalized spacial score (nSPS) is 11.7. The lowest BCUT2D eigenvalue weighted by Gasteiger charge is -2.06. The van der Waals surface area contributed by atoms with Crippen LogP contribution >= 0.6 is 11.3 Å². The molecule has 0 atom stereocenters. The number of aromatic carboxylic acids is 1. The number of thiophene rings is 1. The smallest absolute Gasteiger partial charge is 0.345 e. The average molecular weight is 451 g/mol. The third-order valence-electron chi connectivity index (χ3n) is 4.69. The molecule has 5 aromatic rings. The van der Waals surface area contributed by atoms with Crippen LogP contribution in [0.1, 0.15) is 9.67 Å². The fourth-order valence-corrected chi connectivity index (χ4v) is 5.62. The Morgan fingerprint density at radius 3 is 2.55 bits per heavy atom. The second-order valence-electron chi connectivity index (χ2n) is 6.53. The molecule has 0 aliphatic carbocycles. The molecule has 8 nitrogen and oxygen atoms in total. The number of carbonyl (C=O) groups is 1. The van der Waals surface area contributed by atoms with Crippen molar-refractivity contribution in [2.24, 2.45) is 0 Å². The zero-order valence-corrected chi connectivity index (χ0v) is 17.3. The Balaban J connectivity index is 1.80. The van der Waals surface area contributed by atoms with Gasteiger partial charge in [-0.25, -0.2) is 27.2 Å². The zero-order valence-electron chi connectivity index (χ0n) is 15.7. The highest BCUT2D eigenvalue weighted by molar-refractivity contribution is 7.90. The van der Waals surface area contributed by atoms with Crippen molar-refractivity contribution in [2.45, 2.75) is 4.90 Å². The molecule has 0 radical (unpaired) electrons. The Hall–Kier alpha value is -3.76. The number of oxazole rings is 1. The van der Waals surface area contributed by atoms with E-state index in [1.165, 1.54) is 43.1 Å². The molecule has 0 aliphatic rings. The summed E-state index contributed by atoms with van der Waals surface area (Å²) in [6.45, 7) is 0. The summed E-state index contributed by atoms with van der Waals surface area (Å²) in [5, 5.41) is 10.1. The third-order valence-corrected chi connectivity index (χ3v) is 7.47. The Morgan fingerprint density at radius 1 is 1.03 bits per heavy atom. The highest BCUT2D eigenvalue weighted by Gasteiger charge is 2.26. The van der Waals surface area contributed by atoms with Gasteiger partial charge in [0, 0.05) is 28.9 Å². The number of carboxylic acid groups (broad SMARTS) is 1. The molecule has 10 heteroatoms. The van der Waals surface area contributed by atoms with Gasteiger partial charge >= 0.3 is 5.97 Å². The van der Waals surface area contributed by atoms with Gasteiger partial charge in [0.2, 0.25) is 5.89 Å². The van der Waals surface area contributed by atoms with Crippen LogP contribution in [0.15, 0.2) is 82.7 Å². The summed E-state index contributed by atoms with van der Waals surface area (Å²) in [5.41, 5.74) is 1.26. The average Bonchev–Trinajstić information content (AvgIpc) is 3.51. The van der Waals surface area contributed by atoms with Gasteiger partial charge in [-0.05, 0) is 30.3 Å². The second-order valence-corrected chi connectivity index (χ2v) is 9.39. The summed E-state index contributed by atoms with van der Waals surface area (Å²) in [6, 6.07) is 13.0. The monoisotopic (exact) mass is 451 g/mol. The van der Waals surface area contributed by atoms with Crippen molar-refractivity contribution < 1.29 is 22.7 Å². The number of benzene rings is 1. The molecule has 0 saturated heterocycles. The van der Waals surface area contributed by atoms with E-state index in [1.807, 2.05) is 0 Å². The van der Waals surface area contributed by atoms with Crippen LogP contribution in [0.3, 0.4) is 0 Å². The highest BCUT2D eigenvalue weighted by Crippen LogP contribution is 2.42. The van der Waals surface area contributed by atoms with E-state index in [0.717, 1.165) is 15.3 Å². The van der Waals surface area contributed by atoms with Gasteiger partial charge in [0.15, 0.2) is 5.65 Å². The first-order valence-electron chi connectivity index (χ1n) is 9.01. The number of fused-ring (bicyclic) bond motifs is 1. The number of rotatable bonds is 5. The molecule has 1 N–H and O–H groups in total. The van der Waals surface area contributed by atoms with Crippen LogP contribution < -0.4 is 0 Å². The van der Waals surface area contributed by atoms with Crippen molar-refractivity contribution >= 4 is 38.4 Å². The molecule has 0 bridgehead atoms. The third kappa shape index (κ3) is 3.13. The van der Waals surface area contributed by atoms with E-state index in [-0.39, 0.29) is 21.3 Å². The van der Waals surface area contributed by atoms with Gasteiger partial charge in [0.25, 0.3) is 10.0 Å². The molecular formula is C21H13N3O5S2. The number of nitrogens with zero attached hydrogens (tertiary/aromatic N) is 3. The molecule has 0 saturated carbocycles. The summed E-state index contributed by atoms with van der Waals surface area (Å²) in [4.78, 5) is 20.7.